The lowest BCUT2D eigenvalue weighted by Crippen LogP contribution is -2.12. The lowest BCUT2D eigenvalue weighted by molar-refractivity contribution is 0.406. The van der Waals surface area contributed by atoms with Crippen LogP contribution in [0, 0.1) is 11.3 Å². The molecule has 0 fully saturated rings. The summed E-state index contributed by atoms with van der Waals surface area (Å²) in [6.45, 7) is 0. The molecule has 0 aliphatic heterocycles. The molecule has 7 heteroatoms. The summed E-state index contributed by atoms with van der Waals surface area (Å²) in [5.74, 6) is 1.39. The molecule has 0 amide bonds. The quantitative estimate of drug-likeness (QED) is 0.577. The van der Waals surface area contributed by atoms with Gasteiger partial charge < -0.3 is 14.1 Å². The van der Waals surface area contributed by atoms with Gasteiger partial charge in [0.15, 0.2) is 0 Å². The van der Waals surface area contributed by atoms with Crippen LogP contribution in [0.1, 0.15) is 28.5 Å². The molecule has 0 aliphatic rings. The predicted molar refractivity (Wildman–Crippen MR) is 102 cm³/mol. The third-order valence-electron chi connectivity index (χ3n) is 4.43. The monoisotopic (exact) mass is 372 g/mol. The molecule has 1 N–H and O–H groups in total. The van der Waals surface area contributed by atoms with Crippen LogP contribution in [-0.2, 0) is 12.8 Å². The number of nitriles is 1. The van der Waals surface area contributed by atoms with Crippen LogP contribution < -0.4 is 10.3 Å². The van der Waals surface area contributed by atoms with Crippen molar-refractivity contribution >= 4 is 10.9 Å². The summed E-state index contributed by atoms with van der Waals surface area (Å²) in [4.78, 5) is 15.2. The number of para-hydroxylation sites is 1. The number of benzene rings is 2. The van der Waals surface area contributed by atoms with Crippen molar-refractivity contribution in [3.05, 3.63) is 87.4 Å². The van der Waals surface area contributed by atoms with Crippen molar-refractivity contribution in [2.45, 2.75) is 12.8 Å². The molecule has 0 aliphatic carbocycles. The molecule has 4 aromatic rings. The van der Waals surface area contributed by atoms with Crippen molar-refractivity contribution in [2.24, 2.45) is 0 Å². The molecule has 2 aromatic heterocycles. The van der Waals surface area contributed by atoms with Crippen molar-refractivity contribution in [3.63, 3.8) is 0 Å². The molecule has 7 nitrogen and oxygen atoms in total. The summed E-state index contributed by atoms with van der Waals surface area (Å²) in [5, 5.41) is 18.1. The van der Waals surface area contributed by atoms with E-state index in [0.717, 1.165) is 16.5 Å². The van der Waals surface area contributed by atoms with Crippen LogP contribution in [-0.4, -0.2) is 22.3 Å². The van der Waals surface area contributed by atoms with Crippen LogP contribution in [0.15, 0.2) is 57.7 Å². The minimum atomic E-state index is -0.179. The molecule has 0 bridgehead atoms. The smallest absolute Gasteiger partial charge is 0.252 e. The van der Waals surface area contributed by atoms with E-state index in [9.17, 15) is 4.79 Å². The van der Waals surface area contributed by atoms with Crippen molar-refractivity contribution in [1.29, 1.82) is 5.26 Å². The van der Waals surface area contributed by atoms with E-state index in [-0.39, 0.29) is 12.0 Å². The number of H-pyrrole nitrogens is 1. The number of methoxy groups -OCH3 is 1. The first-order valence-electron chi connectivity index (χ1n) is 8.65. The number of aromatic nitrogens is 3. The number of nitrogens with one attached hydrogen (secondary N) is 1. The topological polar surface area (TPSA) is 105 Å². The van der Waals surface area contributed by atoms with Gasteiger partial charge in [-0.15, -0.1) is 10.2 Å². The first kappa shape index (κ1) is 17.5. The number of fused-ring (bicyclic) bond motifs is 1. The fourth-order valence-electron chi connectivity index (χ4n) is 3.07. The zero-order chi connectivity index (χ0) is 19.5. The Kier molecular flexibility index (Phi) is 4.60. The van der Waals surface area contributed by atoms with Crippen molar-refractivity contribution in [3.8, 4) is 11.8 Å². The standard InChI is InChI=1S/C21H16N4O3/c1-27-18-7-6-13(12-22)8-15(18)10-19-24-25-20(28-19)11-16-9-14-4-2-3-5-17(14)23-21(16)26/h2-9H,10-11H2,1H3,(H,23,26). The van der Waals surface area contributed by atoms with Gasteiger partial charge in [0, 0.05) is 16.6 Å². The van der Waals surface area contributed by atoms with Gasteiger partial charge in [-0.2, -0.15) is 5.26 Å². The summed E-state index contributed by atoms with van der Waals surface area (Å²) < 4.78 is 11.0. The first-order valence-corrected chi connectivity index (χ1v) is 8.65. The Labute approximate surface area is 160 Å². The van der Waals surface area contributed by atoms with Crippen molar-refractivity contribution in [1.82, 2.24) is 15.2 Å². The highest BCUT2D eigenvalue weighted by Gasteiger charge is 2.13. The zero-order valence-electron chi connectivity index (χ0n) is 15.1. The Morgan fingerprint density at radius 1 is 1.07 bits per heavy atom. The average molecular weight is 372 g/mol. The summed E-state index contributed by atoms with van der Waals surface area (Å²) in [6.07, 6.45) is 0.572. The van der Waals surface area contributed by atoms with Gasteiger partial charge in [-0.3, -0.25) is 4.79 Å². The maximum atomic E-state index is 12.3. The number of aromatic amines is 1. The Morgan fingerprint density at radius 3 is 2.57 bits per heavy atom. The Hall–Kier alpha value is -3.92. The third kappa shape index (κ3) is 3.48. The Balaban J connectivity index is 1.58. The number of hydrogen-bond acceptors (Lipinski definition) is 6. The van der Waals surface area contributed by atoms with Gasteiger partial charge in [-0.05, 0) is 35.7 Å². The SMILES string of the molecule is COc1ccc(C#N)cc1Cc1nnc(Cc2cc3ccccc3[nH]c2=O)o1. The fraction of sp³-hybridized carbons (Fsp3) is 0.143. The van der Waals surface area contributed by atoms with Gasteiger partial charge in [0.05, 0.1) is 31.6 Å². The maximum absolute atomic E-state index is 12.3. The highest BCUT2D eigenvalue weighted by Crippen LogP contribution is 2.23. The Bertz CT molecular complexity index is 1250. The highest BCUT2D eigenvalue weighted by atomic mass is 16.5. The molecule has 2 aromatic carbocycles. The predicted octanol–water partition coefficient (Wildman–Crippen LogP) is 2.97. The molecule has 138 valence electrons. The molecular weight excluding hydrogens is 356 g/mol. The summed E-state index contributed by atoms with van der Waals surface area (Å²) >= 11 is 0. The van der Waals surface area contributed by atoms with Crippen LogP contribution in [0.2, 0.25) is 0 Å². The van der Waals surface area contributed by atoms with Crippen LogP contribution in [0.4, 0.5) is 0 Å². The van der Waals surface area contributed by atoms with Gasteiger partial charge in [0.25, 0.3) is 5.56 Å². The highest BCUT2D eigenvalue weighted by molar-refractivity contribution is 5.78. The number of rotatable bonds is 5. The van der Waals surface area contributed by atoms with E-state index in [1.54, 1.807) is 25.3 Å². The molecule has 0 spiro atoms. The molecule has 0 atom stereocenters. The second kappa shape index (κ2) is 7.37. The first-order chi connectivity index (χ1) is 13.7. The largest absolute Gasteiger partial charge is 0.496 e. The molecular formula is C21H16N4O3. The lowest BCUT2D eigenvalue weighted by Gasteiger charge is -2.06. The van der Waals surface area contributed by atoms with E-state index in [1.165, 1.54) is 0 Å². The molecule has 0 unspecified atom stereocenters. The summed E-state index contributed by atoms with van der Waals surface area (Å²) in [6, 6.07) is 16.7. The van der Waals surface area contributed by atoms with Crippen molar-refractivity contribution < 1.29 is 9.15 Å². The van der Waals surface area contributed by atoms with E-state index < -0.39 is 0 Å². The van der Waals surface area contributed by atoms with Crippen LogP contribution in [0.3, 0.4) is 0 Å². The maximum Gasteiger partial charge on any atom is 0.252 e. The molecule has 4 rings (SSSR count). The van der Waals surface area contributed by atoms with Crippen LogP contribution in [0.25, 0.3) is 10.9 Å². The molecule has 2 heterocycles. The summed E-state index contributed by atoms with van der Waals surface area (Å²) in [5.41, 5.74) is 2.46. The Morgan fingerprint density at radius 2 is 1.82 bits per heavy atom. The van der Waals surface area contributed by atoms with E-state index in [0.29, 0.717) is 35.1 Å². The van der Waals surface area contributed by atoms with Gasteiger partial charge in [-0.25, -0.2) is 0 Å². The number of ether oxygens (including phenoxy) is 1. The molecule has 0 saturated carbocycles. The van der Waals surface area contributed by atoms with Gasteiger partial charge in [0.1, 0.15) is 5.75 Å². The minimum absolute atomic E-state index is 0.179. The third-order valence-corrected chi connectivity index (χ3v) is 4.43. The number of pyridine rings is 1. The van der Waals surface area contributed by atoms with E-state index in [2.05, 4.69) is 21.3 Å². The fourth-order valence-corrected chi connectivity index (χ4v) is 3.07. The number of nitrogens with zero attached hydrogens (tertiary/aromatic N) is 3. The van der Waals surface area contributed by atoms with E-state index in [1.807, 2.05) is 30.3 Å². The van der Waals surface area contributed by atoms with E-state index >= 15 is 0 Å². The zero-order valence-corrected chi connectivity index (χ0v) is 15.1. The molecule has 28 heavy (non-hydrogen) atoms. The normalized spacial score (nSPS) is 10.7. The van der Waals surface area contributed by atoms with Gasteiger partial charge >= 0.3 is 0 Å². The molecule has 0 radical (unpaired) electrons. The minimum Gasteiger partial charge on any atom is -0.496 e. The second-order valence-corrected chi connectivity index (χ2v) is 6.29. The van der Waals surface area contributed by atoms with Crippen LogP contribution in [0.5, 0.6) is 5.75 Å². The lowest BCUT2D eigenvalue weighted by atomic mass is 10.1. The van der Waals surface area contributed by atoms with Crippen LogP contribution >= 0.6 is 0 Å². The van der Waals surface area contributed by atoms with E-state index in [4.69, 9.17) is 14.4 Å². The molecule has 0 saturated heterocycles. The van der Waals surface area contributed by atoms with Gasteiger partial charge in [-0.1, -0.05) is 18.2 Å². The average Bonchev–Trinajstić information content (AvgIpc) is 3.15. The van der Waals surface area contributed by atoms with Gasteiger partial charge in [0.2, 0.25) is 11.8 Å². The summed E-state index contributed by atoms with van der Waals surface area (Å²) in [7, 11) is 1.57. The second-order valence-electron chi connectivity index (χ2n) is 6.29. The number of hydrogen-bond donors (Lipinski definition) is 1. The van der Waals surface area contributed by atoms with Crippen molar-refractivity contribution in [2.75, 3.05) is 7.11 Å².